The third-order valence-corrected chi connectivity index (χ3v) is 8.65. The van der Waals surface area contributed by atoms with Crippen molar-refractivity contribution in [1.82, 2.24) is 16.0 Å². The monoisotopic (exact) mass is 608 g/mol. The van der Waals surface area contributed by atoms with E-state index in [0.717, 1.165) is 63.0 Å². The van der Waals surface area contributed by atoms with Gasteiger partial charge in [-0.05, 0) is 48.2 Å². The fourth-order valence-electron chi connectivity index (χ4n) is 5.35. The summed E-state index contributed by atoms with van der Waals surface area (Å²) in [7, 11) is 0. The molecule has 3 atom stereocenters. The first kappa shape index (κ1) is 31.8. The zero-order valence-corrected chi connectivity index (χ0v) is 24.4. The Hall–Kier alpha value is -3.09. The molecule has 2 heterocycles. The lowest BCUT2D eigenvalue weighted by Crippen LogP contribution is -2.64. The average molecular weight is 609 g/mol. The Bertz CT molecular complexity index is 1280. The molecule has 0 spiro atoms. The molecule has 0 unspecified atom stereocenters. The van der Waals surface area contributed by atoms with Gasteiger partial charge in [0, 0.05) is 49.8 Å². The van der Waals surface area contributed by atoms with Crippen LogP contribution in [0.2, 0.25) is 0 Å². The van der Waals surface area contributed by atoms with Crippen LogP contribution in [0, 0.1) is 0 Å². The number of hydrogen-bond donors (Lipinski definition) is 4. The van der Waals surface area contributed by atoms with Crippen molar-refractivity contribution in [2.45, 2.75) is 49.7 Å². The highest BCUT2D eigenvalue weighted by Crippen LogP contribution is 2.46. The highest BCUT2D eigenvalue weighted by molar-refractivity contribution is 7.99. The summed E-state index contributed by atoms with van der Waals surface area (Å²) in [5.74, 6) is -2.78. The number of carbonyl (C=O) groups is 2. The van der Waals surface area contributed by atoms with Crippen LogP contribution >= 0.6 is 11.8 Å². The lowest BCUT2D eigenvalue weighted by Gasteiger charge is -2.42. The fourth-order valence-corrected chi connectivity index (χ4v) is 6.39. The van der Waals surface area contributed by atoms with E-state index in [4.69, 9.17) is 0 Å². The van der Waals surface area contributed by atoms with Crippen molar-refractivity contribution in [1.29, 1.82) is 0 Å². The molecule has 4 N–H and O–H groups in total. The van der Waals surface area contributed by atoms with Gasteiger partial charge in [-0.15, -0.1) is 0 Å². The highest BCUT2D eigenvalue weighted by atomic mass is 32.2. The first-order valence-corrected chi connectivity index (χ1v) is 14.9. The van der Waals surface area contributed by atoms with Crippen LogP contribution in [-0.4, -0.2) is 78.6 Å². The van der Waals surface area contributed by atoms with Crippen LogP contribution in [0.25, 0.3) is 11.1 Å². The van der Waals surface area contributed by atoms with E-state index in [1.54, 1.807) is 12.1 Å². The molecule has 42 heavy (non-hydrogen) atoms. The van der Waals surface area contributed by atoms with Gasteiger partial charge in [0.15, 0.2) is 5.54 Å². The van der Waals surface area contributed by atoms with Gasteiger partial charge in [0.2, 0.25) is 5.91 Å². The zero-order chi connectivity index (χ0) is 30.7. The van der Waals surface area contributed by atoms with Gasteiger partial charge >= 0.3 is 12.1 Å². The number of carbonyl (C=O) groups excluding carboxylic acids is 1. The molecule has 2 aromatic carbocycles. The van der Waals surface area contributed by atoms with E-state index >= 15 is 13.2 Å². The normalized spacial score (nSPS) is 24.7. The summed E-state index contributed by atoms with van der Waals surface area (Å²) < 4.78 is 60.4. The number of carboxylic acids is 1. The first-order valence-electron chi connectivity index (χ1n) is 13.7. The molecule has 2 aliphatic heterocycles. The van der Waals surface area contributed by atoms with Crippen molar-refractivity contribution in [3.05, 3.63) is 66.2 Å². The summed E-state index contributed by atoms with van der Waals surface area (Å²) in [6, 6.07) is 10.6. The number of halogens is 4. The van der Waals surface area contributed by atoms with Crippen LogP contribution in [0.5, 0.6) is 0 Å². The number of carboxylic acid groups (broad SMARTS) is 1. The van der Waals surface area contributed by atoms with Crippen LogP contribution in [0.3, 0.4) is 0 Å². The molecule has 0 radical (unpaired) electrons. The molecule has 0 saturated carbocycles. The van der Waals surface area contributed by atoms with Crippen LogP contribution in [0.1, 0.15) is 25.8 Å². The quantitative estimate of drug-likeness (QED) is 0.284. The van der Waals surface area contributed by atoms with Crippen LogP contribution < -0.4 is 20.9 Å². The van der Waals surface area contributed by atoms with Crippen LogP contribution in [0.4, 0.5) is 23.2 Å². The number of nitrogens with zero attached hydrogens (tertiary/aromatic N) is 1. The summed E-state index contributed by atoms with van der Waals surface area (Å²) in [5, 5.41) is 17.5. The van der Waals surface area contributed by atoms with Gasteiger partial charge in [0.1, 0.15) is 11.7 Å². The Labute approximate surface area is 247 Å². The van der Waals surface area contributed by atoms with Crippen molar-refractivity contribution < 1.29 is 32.3 Å². The SMILES string of the molecule is C=C1CSC[C@@H](C(=O)O)NC(=O)[C@H](CC(C)(C)F)N[C@@]1(c1ccc(-c2ccc(N3CCNCC3)cc2)cc1)C(F)(F)F. The zero-order valence-electron chi connectivity index (χ0n) is 23.6. The van der Waals surface area contributed by atoms with Gasteiger partial charge in [-0.25, -0.2) is 9.18 Å². The summed E-state index contributed by atoms with van der Waals surface area (Å²) in [4.78, 5) is 27.1. The molecular weight excluding hydrogens is 572 g/mol. The summed E-state index contributed by atoms with van der Waals surface area (Å²) in [5.41, 5.74) is -2.85. The third-order valence-electron chi connectivity index (χ3n) is 7.53. The maximum atomic E-state index is 15.2. The molecule has 2 fully saturated rings. The van der Waals surface area contributed by atoms with E-state index in [9.17, 15) is 19.1 Å². The molecule has 0 bridgehead atoms. The predicted molar refractivity (Wildman–Crippen MR) is 157 cm³/mol. The second-order valence-corrected chi connectivity index (χ2v) is 12.3. The number of hydrogen-bond acceptors (Lipinski definition) is 6. The van der Waals surface area contributed by atoms with Crippen molar-refractivity contribution in [2.75, 3.05) is 42.6 Å². The van der Waals surface area contributed by atoms with Gasteiger partial charge in [0.25, 0.3) is 0 Å². The van der Waals surface area contributed by atoms with Crippen molar-refractivity contribution >= 4 is 29.3 Å². The Morgan fingerprint density at radius 2 is 1.62 bits per heavy atom. The van der Waals surface area contributed by atoms with E-state index < -0.39 is 47.8 Å². The third kappa shape index (κ3) is 7.09. The predicted octanol–water partition coefficient (Wildman–Crippen LogP) is 4.49. The summed E-state index contributed by atoms with van der Waals surface area (Å²) in [6.07, 6.45) is -5.59. The minimum absolute atomic E-state index is 0.178. The Kier molecular flexibility index (Phi) is 9.58. The molecule has 2 aliphatic rings. The molecule has 228 valence electrons. The minimum atomic E-state index is -4.97. The minimum Gasteiger partial charge on any atom is -0.480 e. The maximum absolute atomic E-state index is 15.2. The van der Waals surface area contributed by atoms with Gasteiger partial charge in [0.05, 0.1) is 6.04 Å². The number of benzene rings is 2. The average Bonchev–Trinajstić information content (AvgIpc) is 2.93. The Morgan fingerprint density at radius 1 is 1.05 bits per heavy atom. The lowest BCUT2D eigenvalue weighted by atomic mass is 9.80. The number of aliphatic carboxylic acids is 1. The van der Waals surface area contributed by atoms with Gasteiger partial charge < -0.3 is 20.6 Å². The molecule has 2 saturated heterocycles. The highest BCUT2D eigenvalue weighted by Gasteiger charge is 2.59. The smallest absolute Gasteiger partial charge is 0.414 e. The van der Waals surface area contributed by atoms with E-state index in [1.165, 1.54) is 12.1 Å². The molecule has 4 rings (SSSR count). The number of nitrogens with one attached hydrogen (secondary N) is 3. The van der Waals surface area contributed by atoms with E-state index in [1.807, 2.05) is 24.3 Å². The van der Waals surface area contributed by atoms with Crippen molar-refractivity contribution in [3.63, 3.8) is 0 Å². The van der Waals surface area contributed by atoms with Gasteiger partial charge in [-0.2, -0.15) is 24.9 Å². The van der Waals surface area contributed by atoms with Crippen molar-refractivity contribution in [3.8, 4) is 11.1 Å². The lowest BCUT2D eigenvalue weighted by molar-refractivity contribution is -0.192. The molecule has 1 amide bonds. The second-order valence-electron chi connectivity index (χ2n) is 11.2. The van der Waals surface area contributed by atoms with Gasteiger partial charge in [-0.1, -0.05) is 43.0 Å². The number of piperazine rings is 1. The van der Waals surface area contributed by atoms with Crippen molar-refractivity contribution in [2.24, 2.45) is 0 Å². The molecule has 7 nitrogen and oxygen atoms in total. The standard InChI is InChI=1S/C30H36F4N4O3S/c1-19-17-42-18-25(27(40)41)36-26(39)24(16-28(2,3)31)37-29(19,30(32,33)34)22-8-4-20(5-9-22)21-6-10-23(11-7-21)38-14-12-35-13-15-38/h4-11,24-25,35,37H,1,12-18H2,2-3H3,(H,36,39)(H,40,41)/t24-,25-,29-/m0/s1. The second kappa shape index (κ2) is 12.6. The molecule has 0 aromatic heterocycles. The Balaban J connectivity index is 1.71. The molecular formula is C30H36F4N4O3S. The number of anilines is 1. The number of alkyl halides is 4. The van der Waals surface area contributed by atoms with E-state index in [0.29, 0.717) is 5.56 Å². The number of rotatable bonds is 6. The summed E-state index contributed by atoms with van der Waals surface area (Å²) >= 11 is 0.922. The van der Waals surface area contributed by atoms with Gasteiger partial charge in [-0.3, -0.25) is 10.1 Å². The molecule has 0 aliphatic carbocycles. The first-order chi connectivity index (χ1) is 19.7. The number of amides is 1. The summed E-state index contributed by atoms with van der Waals surface area (Å²) in [6.45, 7) is 9.63. The molecule has 12 heteroatoms. The van der Waals surface area contributed by atoms with E-state index in [-0.39, 0.29) is 22.6 Å². The maximum Gasteiger partial charge on any atom is 0.414 e. The Morgan fingerprint density at radius 3 is 2.14 bits per heavy atom. The van der Waals surface area contributed by atoms with E-state index in [2.05, 4.69) is 27.4 Å². The fraction of sp³-hybridized carbons (Fsp3) is 0.467. The largest absolute Gasteiger partial charge is 0.480 e. The number of thioether (sulfide) groups is 1. The van der Waals surface area contributed by atoms with Crippen LogP contribution in [0.15, 0.2) is 60.7 Å². The molecule has 2 aromatic rings. The topological polar surface area (TPSA) is 93.7 Å². The van der Waals surface area contributed by atoms with Crippen LogP contribution in [-0.2, 0) is 15.1 Å².